The Morgan fingerprint density at radius 2 is 1.90 bits per heavy atom. The SMILES string of the molecule is CC(C)CCCCCCNC1CC(c2cccc(Br)c2)C1. The standard InChI is InChI=1S/C19H30BrN/c1-15(2)8-5-3-4-6-11-21-19-13-17(14-19)16-9-7-10-18(20)12-16/h7,9-10,12,15,17,19,21H,3-6,8,11,13-14H2,1-2H3. The summed E-state index contributed by atoms with van der Waals surface area (Å²) in [5.74, 6) is 1.64. The molecular weight excluding hydrogens is 322 g/mol. The smallest absolute Gasteiger partial charge is 0.0178 e. The number of benzene rings is 1. The van der Waals surface area contributed by atoms with Crippen molar-refractivity contribution in [2.24, 2.45) is 5.92 Å². The minimum absolute atomic E-state index is 0.754. The van der Waals surface area contributed by atoms with Crippen LogP contribution < -0.4 is 5.32 Å². The third-order valence-corrected chi connectivity index (χ3v) is 5.09. The number of hydrogen-bond acceptors (Lipinski definition) is 1. The van der Waals surface area contributed by atoms with Crippen LogP contribution in [0.1, 0.15) is 70.3 Å². The van der Waals surface area contributed by atoms with Crippen molar-refractivity contribution >= 4 is 15.9 Å². The molecule has 2 rings (SSSR count). The summed E-state index contributed by atoms with van der Waals surface area (Å²) < 4.78 is 1.21. The van der Waals surface area contributed by atoms with Gasteiger partial charge in [-0.15, -0.1) is 0 Å². The number of rotatable bonds is 9. The van der Waals surface area contributed by atoms with E-state index in [4.69, 9.17) is 0 Å². The highest BCUT2D eigenvalue weighted by Gasteiger charge is 2.29. The van der Waals surface area contributed by atoms with Gasteiger partial charge in [0.1, 0.15) is 0 Å². The highest BCUT2D eigenvalue weighted by Crippen LogP contribution is 2.37. The van der Waals surface area contributed by atoms with Gasteiger partial charge in [0.25, 0.3) is 0 Å². The Bertz CT molecular complexity index is 410. The molecule has 2 heteroatoms. The zero-order valence-corrected chi connectivity index (χ0v) is 15.2. The minimum Gasteiger partial charge on any atom is -0.314 e. The highest BCUT2D eigenvalue weighted by molar-refractivity contribution is 9.10. The maximum absolute atomic E-state index is 3.72. The molecule has 0 aromatic heterocycles. The summed E-state index contributed by atoms with van der Waals surface area (Å²) in [5.41, 5.74) is 1.50. The van der Waals surface area contributed by atoms with Gasteiger partial charge in [0.15, 0.2) is 0 Å². The predicted octanol–water partition coefficient (Wildman–Crippen LogP) is 5.89. The second-order valence-electron chi connectivity index (χ2n) is 6.97. The molecule has 1 aromatic carbocycles. The average Bonchev–Trinajstić information content (AvgIpc) is 2.39. The molecule has 0 bridgehead atoms. The average molecular weight is 352 g/mol. The van der Waals surface area contributed by atoms with Gasteiger partial charge in [-0.25, -0.2) is 0 Å². The van der Waals surface area contributed by atoms with Gasteiger partial charge < -0.3 is 5.32 Å². The fourth-order valence-electron chi connectivity index (χ4n) is 3.15. The lowest BCUT2D eigenvalue weighted by Gasteiger charge is -2.36. The maximum atomic E-state index is 3.72. The van der Waals surface area contributed by atoms with Gasteiger partial charge in [0.2, 0.25) is 0 Å². The van der Waals surface area contributed by atoms with E-state index in [9.17, 15) is 0 Å². The molecule has 1 nitrogen and oxygen atoms in total. The molecule has 1 saturated carbocycles. The molecule has 21 heavy (non-hydrogen) atoms. The Hall–Kier alpha value is -0.340. The van der Waals surface area contributed by atoms with E-state index < -0.39 is 0 Å². The van der Waals surface area contributed by atoms with E-state index in [1.54, 1.807) is 0 Å². The molecule has 0 amide bonds. The highest BCUT2D eigenvalue weighted by atomic mass is 79.9. The van der Waals surface area contributed by atoms with Gasteiger partial charge in [-0.05, 0) is 55.3 Å². The summed E-state index contributed by atoms with van der Waals surface area (Å²) in [4.78, 5) is 0. The van der Waals surface area contributed by atoms with Crippen LogP contribution in [0.2, 0.25) is 0 Å². The molecule has 0 saturated heterocycles. The van der Waals surface area contributed by atoms with Gasteiger partial charge in [-0.1, -0.05) is 67.6 Å². The fraction of sp³-hybridized carbons (Fsp3) is 0.684. The lowest BCUT2D eigenvalue weighted by molar-refractivity contribution is 0.289. The summed E-state index contributed by atoms with van der Waals surface area (Å²) in [6.07, 6.45) is 9.56. The molecule has 0 spiro atoms. The van der Waals surface area contributed by atoms with E-state index in [0.29, 0.717) is 0 Å². The zero-order chi connectivity index (χ0) is 15.1. The Morgan fingerprint density at radius 1 is 1.14 bits per heavy atom. The van der Waals surface area contributed by atoms with Crippen LogP contribution in [0.4, 0.5) is 0 Å². The molecule has 0 radical (unpaired) electrons. The van der Waals surface area contributed by atoms with Crippen molar-refractivity contribution in [2.45, 2.75) is 70.8 Å². The third-order valence-electron chi connectivity index (χ3n) is 4.60. The number of hydrogen-bond donors (Lipinski definition) is 1. The van der Waals surface area contributed by atoms with Gasteiger partial charge in [-0.2, -0.15) is 0 Å². The molecule has 1 aromatic rings. The Morgan fingerprint density at radius 3 is 2.62 bits per heavy atom. The molecule has 1 aliphatic carbocycles. The van der Waals surface area contributed by atoms with Crippen LogP contribution >= 0.6 is 15.9 Å². The van der Waals surface area contributed by atoms with Gasteiger partial charge in [0.05, 0.1) is 0 Å². The summed E-state index contributed by atoms with van der Waals surface area (Å²) in [7, 11) is 0. The Labute approximate surface area is 139 Å². The van der Waals surface area contributed by atoms with Crippen LogP contribution in [-0.4, -0.2) is 12.6 Å². The number of nitrogens with one attached hydrogen (secondary N) is 1. The van der Waals surface area contributed by atoms with Gasteiger partial charge in [0, 0.05) is 10.5 Å². The van der Waals surface area contributed by atoms with Crippen LogP contribution in [0.15, 0.2) is 28.7 Å². The molecule has 0 unspecified atom stereocenters. The van der Waals surface area contributed by atoms with Crippen molar-refractivity contribution in [1.29, 1.82) is 0 Å². The molecule has 0 atom stereocenters. The molecule has 1 N–H and O–H groups in total. The largest absolute Gasteiger partial charge is 0.314 e. The zero-order valence-electron chi connectivity index (χ0n) is 13.6. The third kappa shape index (κ3) is 6.12. The first-order valence-corrected chi connectivity index (χ1v) is 9.43. The molecule has 1 fully saturated rings. The van der Waals surface area contributed by atoms with E-state index in [1.807, 2.05) is 0 Å². The first-order chi connectivity index (χ1) is 10.1. The van der Waals surface area contributed by atoms with Gasteiger partial charge >= 0.3 is 0 Å². The fourth-order valence-corrected chi connectivity index (χ4v) is 3.57. The second kappa shape index (κ2) is 8.95. The summed E-state index contributed by atoms with van der Waals surface area (Å²) >= 11 is 3.56. The van der Waals surface area contributed by atoms with E-state index in [2.05, 4.69) is 59.4 Å². The van der Waals surface area contributed by atoms with E-state index in [1.165, 1.54) is 61.5 Å². The lowest BCUT2D eigenvalue weighted by atomic mass is 9.76. The summed E-state index contributed by atoms with van der Waals surface area (Å²) in [6.45, 7) is 5.84. The minimum atomic E-state index is 0.754. The first-order valence-electron chi connectivity index (χ1n) is 8.64. The molecule has 0 heterocycles. The quantitative estimate of drug-likeness (QED) is 0.546. The van der Waals surface area contributed by atoms with Crippen molar-refractivity contribution in [3.63, 3.8) is 0 Å². The van der Waals surface area contributed by atoms with Gasteiger partial charge in [-0.3, -0.25) is 0 Å². The maximum Gasteiger partial charge on any atom is 0.0178 e. The number of unbranched alkanes of at least 4 members (excludes halogenated alkanes) is 3. The van der Waals surface area contributed by atoms with E-state index in [-0.39, 0.29) is 0 Å². The van der Waals surface area contributed by atoms with Crippen LogP contribution in [0.5, 0.6) is 0 Å². The van der Waals surface area contributed by atoms with Crippen LogP contribution in [-0.2, 0) is 0 Å². The second-order valence-corrected chi connectivity index (χ2v) is 7.89. The van der Waals surface area contributed by atoms with Crippen molar-refractivity contribution < 1.29 is 0 Å². The van der Waals surface area contributed by atoms with Crippen LogP contribution in [0.3, 0.4) is 0 Å². The summed E-state index contributed by atoms with van der Waals surface area (Å²) in [6, 6.07) is 9.55. The Balaban J connectivity index is 1.49. The number of halogens is 1. The van der Waals surface area contributed by atoms with Crippen molar-refractivity contribution in [3.8, 4) is 0 Å². The molecular formula is C19H30BrN. The Kier molecular flexibility index (Phi) is 7.25. The first kappa shape index (κ1) is 17.0. The van der Waals surface area contributed by atoms with Crippen molar-refractivity contribution in [3.05, 3.63) is 34.3 Å². The van der Waals surface area contributed by atoms with Crippen molar-refractivity contribution in [1.82, 2.24) is 5.32 Å². The van der Waals surface area contributed by atoms with Crippen molar-refractivity contribution in [2.75, 3.05) is 6.54 Å². The predicted molar refractivity (Wildman–Crippen MR) is 95.8 cm³/mol. The monoisotopic (exact) mass is 351 g/mol. The molecule has 1 aliphatic rings. The van der Waals surface area contributed by atoms with E-state index in [0.717, 1.165) is 17.9 Å². The van der Waals surface area contributed by atoms with Crippen LogP contribution in [0.25, 0.3) is 0 Å². The summed E-state index contributed by atoms with van der Waals surface area (Å²) in [5, 5.41) is 3.72. The lowest BCUT2D eigenvalue weighted by Crippen LogP contribution is -2.40. The normalized spacial score (nSPS) is 21.5. The molecule has 0 aliphatic heterocycles. The topological polar surface area (TPSA) is 12.0 Å². The van der Waals surface area contributed by atoms with E-state index >= 15 is 0 Å². The van der Waals surface area contributed by atoms with Crippen LogP contribution in [0, 0.1) is 5.92 Å². The molecule has 118 valence electrons.